The predicted octanol–water partition coefficient (Wildman–Crippen LogP) is 2.45. The number of rotatable bonds is 5. The molecular formula is C14H19FN2O2. The summed E-state index contributed by atoms with van der Waals surface area (Å²) in [5.41, 5.74) is 0. The second kappa shape index (κ2) is 6.97. The fourth-order valence-corrected chi connectivity index (χ4v) is 2.19. The highest BCUT2D eigenvalue weighted by Gasteiger charge is 2.16. The zero-order chi connectivity index (χ0) is 13.5. The van der Waals surface area contributed by atoms with E-state index in [0.717, 1.165) is 12.8 Å². The minimum Gasteiger partial charge on any atom is -0.489 e. The molecule has 0 spiro atoms. The molecule has 1 aromatic rings. The molecule has 2 N–H and O–H groups in total. The van der Waals surface area contributed by atoms with Crippen molar-refractivity contribution < 1.29 is 13.9 Å². The first-order chi connectivity index (χ1) is 9.25. The van der Waals surface area contributed by atoms with Crippen molar-refractivity contribution in [1.29, 1.82) is 0 Å². The third-order valence-corrected chi connectivity index (χ3v) is 3.17. The van der Waals surface area contributed by atoms with Crippen LogP contribution in [-0.4, -0.2) is 25.2 Å². The molecule has 1 saturated carbocycles. The van der Waals surface area contributed by atoms with Crippen LogP contribution in [-0.2, 0) is 0 Å². The van der Waals surface area contributed by atoms with Crippen LogP contribution in [0.5, 0.6) is 5.75 Å². The van der Waals surface area contributed by atoms with Crippen LogP contribution in [0.25, 0.3) is 0 Å². The van der Waals surface area contributed by atoms with Crippen molar-refractivity contribution in [2.24, 2.45) is 0 Å². The predicted molar refractivity (Wildman–Crippen MR) is 70.7 cm³/mol. The maximum Gasteiger partial charge on any atom is 0.315 e. The van der Waals surface area contributed by atoms with Crippen LogP contribution in [0.4, 0.5) is 9.18 Å². The number of urea groups is 1. The second-order valence-electron chi connectivity index (χ2n) is 4.66. The van der Waals surface area contributed by atoms with E-state index in [4.69, 9.17) is 4.74 Å². The molecule has 2 rings (SSSR count). The van der Waals surface area contributed by atoms with Crippen molar-refractivity contribution in [3.8, 4) is 5.75 Å². The standard InChI is InChI=1S/C14H19FN2O2/c15-12-7-3-4-8-13(12)19-10-9-16-14(18)17-11-5-1-2-6-11/h3-4,7-8,11H,1-2,5-6,9-10H2,(H2,16,17,18). The Balaban J connectivity index is 1.61. The van der Waals surface area contributed by atoms with Crippen molar-refractivity contribution in [3.05, 3.63) is 30.1 Å². The highest BCUT2D eigenvalue weighted by molar-refractivity contribution is 5.74. The maximum atomic E-state index is 13.2. The fourth-order valence-electron chi connectivity index (χ4n) is 2.19. The van der Waals surface area contributed by atoms with Gasteiger partial charge >= 0.3 is 6.03 Å². The number of hydrogen-bond donors (Lipinski definition) is 2. The molecular weight excluding hydrogens is 247 g/mol. The second-order valence-corrected chi connectivity index (χ2v) is 4.66. The van der Waals surface area contributed by atoms with Gasteiger partial charge in [0.25, 0.3) is 0 Å². The number of carbonyl (C=O) groups is 1. The number of nitrogens with one attached hydrogen (secondary N) is 2. The van der Waals surface area contributed by atoms with Crippen LogP contribution in [0.15, 0.2) is 24.3 Å². The zero-order valence-corrected chi connectivity index (χ0v) is 10.8. The largest absolute Gasteiger partial charge is 0.489 e. The molecule has 0 bridgehead atoms. The van der Waals surface area contributed by atoms with Gasteiger partial charge in [0.1, 0.15) is 6.61 Å². The summed E-state index contributed by atoms with van der Waals surface area (Å²) in [6, 6.07) is 6.34. The van der Waals surface area contributed by atoms with Crippen LogP contribution in [0, 0.1) is 5.82 Å². The molecule has 0 atom stereocenters. The van der Waals surface area contributed by atoms with Crippen molar-refractivity contribution in [2.75, 3.05) is 13.2 Å². The molecule has 19 heavy (non-hydrogen) atoms. The lowest BCUT2D eigenvalue weighted by Crippen LogP contribution is -2.42. The number of carbonyl (C=O) groups excluding carboxylic acids is 1. The third-order valence-electron chi connectivity index (χ3n) is 3.17. The lowest BCUT2D eigenvalue weighted by molar-refractivity contribution is 0.232. The summed E-state index contributed by atoms with van der Waals surface area (Å²) in [7, 11) is 0. The maximum absolute atomic E-state index is 13.2. The number of amides is 2. The van der Waals surface area contributed by atoms with Gasteiger partial charge in [0.2, 0.25) is 0 Å². The van der Waals surface area contributed by atoms with Crippen molar-refractivity contribution in [1.82, 2.24) is 10.6 Å². The molecule has 2 amide bonds. The average molecular weight is 266 g/mol. The summed E-state index contributed by atoms with van der Waals surface area (Å²) in [6.07, 6.45) is 4.47. The summed E-state index contributed by atoms with van der Waals surface area (Å²) in [4.78, 5) is 11.5. The molecule has 1 aliphatic carbocycles. The van der Waals surface area contributed by atoms with Gasteiger partial charge < -0.3 is 15.4 Å². The lowest BCUT2D eigenvalue weighted by atomic mass is 10.2. The Kier molecular flexibility index (Phi) is 5.01. The van der Waals surface area contributed by atoms with Crippen molar-refractivity contribution >= 4 is 6.03 Å². The van der Waals surface area contributed by atoms with E-state index in [1.54, 1.807) is 18.2 Å². The highest BCUT2D eigenvalue weighted by Crippen LogP contribution is 2.17. The van der Waals surface area contributed by atoms with Gasteiger partial charge in [0.05, 0.1) is 6.54 Å². The molecule has 5 heteroatoms. The first-order valence-corrected chi connectivity index (χ1v) is 6.67. The highest BCUT2D eigenvalue weighted by atomic mass is 19.1. The van der Waals surface area contributed by atoms with E-state index in [1.165, 1.54) is 18.9 Å². The molecule has 104 valence electrons. The minimum absolute atomic E-state index is 0.177. The Labute approximate surface area is 112 Å². The van der Waals surface area contributed by atoms with Gasteiger partial charge in [-0.25, -0.2) is 9.18 Å². The van der Waals surface area contributed by atoms with Gasteiger partial charge in [-0.05, 0) is 25.0 Å². The first kappa shape index (κ1) is 13.6. The number of para-hydroxylation sites is 1. The summed E-state index contributed by atoms with van der Waals surface area (Å²) < 4.78 is 18.5. The van der Waals surface area contributed by atoms with E-state index in [0.29, 0.717) is 12.6 Å². The molecule has 0 radical (unpaired) electrons. The van der Waals surface area contributed by atoms with E-state index in [-0.39, 0.29) is 18.4 Å². The Morgan fingerprint density at radius 1 is 1.32 bits per heavy atom. The number of hydrogen-bond acceptors (Lipinski definition) is 2. The van der Waals surface area contributed by atoms with E-state index < -0.39 is 5.82 Å². The summed E-state index contributed by atoms with van der Waals surface area (Å²) >= 11 is 0. The van der Waals surface area contributed by atoms with E-state index in [2.05, 4.69) is 10.6 Å². The minimum atomic E-state index is -0.391. The molecule has 1 aliphatic rings. The molecule has 1 fully saturated rings. The van der Waals surface area contributed by atoms with Crippen molar-refractivity contribution in [3.63, 3.8) is 0 Å². The zero-order valence-electron chi connectivity index (χ0n) is 10.8. The topological polar surface area (TPSA) is 50.4 Å². The Bertz CT molecular complexity index is 420. The first-order valence-electron chi connectivity index (χ1n) is 6.67. The van der Waals surface area contributed by atoms with Crippen LogP contribution >= 0.6 is 0 Å². The molecule has 0 heterocycles. The molecule has 0 unspecified atom stereocenters. The quantitative estimate of drug-likeness (QED) is 0.804. The Morgan fingerprint density at radius 2 is 2.05 bits per heavy atom. The van der Waals surface area contributed by atoms with Crippen LogP contribution in [0.3, 0.4) is 0 Å². The van der Waals surface area contributed by atoms with E-state index in [1.807, 2.05) is 0 Å². The Morgan fingerprint density at radius 3 is 2.79 bits per heavy atom. The van der Waals surface area contributed by atoms with Crippen LogP contribution < -0.4 is 15.4 Å². The van der Waals surface area contributed by atoms with Gasteiger partial charge in [0.15, 0.2) is 11.6 Å². The normalized spacial score (nSPS) is 15.2. The number of halogens is 1. The van der Waals surface area contributed by atoms with Crippen molar-refractivity contribution in [2.45, 2.75) is 31.7 Å². The molecule has 0 saturated heterocycles. The Hall–Kier alpha value is -1.78. The van der Waals surface area contributed by atoms with Gasteiger partial charge in [-0.15, -0.1) is 0 Å². The average Bonchev–Trinajstić information content (AvgIpc) is 2.89. The van der Waals surface area contributed by atoms with Gasteiger partial charge in [-0.1, -0.05) is 25.0 Å². The summed E-state index contributed by atoms with van der Waals surface area (Å²) in [6.45, 7) is 0.603. The van der Waals surface area contributed by atoms with Gasteiger partial charge in [-0.2, -0.15) is 0 Å². The van der Waals surface area contributed by atoms with Crippen LogP contribution in [0.2, 0.25) is 0 Å². The molecule has 4 nitrogen and oxygen atoms in total. The van der Waals surface area contributed by atoms with Gasteiger partial charge in [0, 0.05) is 6.04 Å². The van der Waals surface area contributed by atoms with Gasteiger partial charge in [-0.3, -0.25) is 0 Å². The smallest absolute Gasteiger partial charge is 0.315 e. The monoisotopic (exact) mass is 266 g/mol. The molecule has 1 aromatic carbocycles. The fraction of sp³-hybridized carbons (Fsp3) is 0.500. The number of benzene rings is 1. The van der Waals surface area contributed by atoms with Crippen LogP contribution in [0.1, 0.15) is 25.7 Å². The lowest BCUT2D eigenvalue weighted by Gasteiger charge is -2.13. The SMILES string of the molecule is O=C(NCCOc1ccccc1F)NC1CCCC1. The number of ether oxygens (including phenoxy) is 1. The molecule has 0 aromatic heterocycles. The summed E-state index contributed by atoms with van der Waals surface area (Å²) in [5.74, 6) is -0.182. The van der Waals surface area contributed by atoms with E-state index >= 15 is 0 Å². The summed E-state index contributed by atoms with van der Waals surface area (Å²) in [5, 5.41) is 5.61. The third kappa shape index (κ3) is 4.43. The molecule has 0 aliphatic heterocycles. The van der Waals surface area contributed by atoms with E-state index in [9.17, 15) is 9.18 Å².